The Morgan fingerprint density at radius 1 is 1.29 bits per heavy atom. The minimum Gasteiger partial charge on any atom is -0.366 e. The van der Waals surface area contributed by atoms with Crippen LogP contribution in [0.3, 0.4) is 0 Å². The summed E-state index contributed by atoms with van der Waals surface area (Å²) in [5.74, 6) is 0. The summed E-state index contributed by atoms with van der Waals surface area (Å²) in [4.78, 5) is 0. The van der Waals surface area contributed by atoms with E-state index in [0.29, 0.717) is 13.2 Å². The fourth-order valence-corrected chi connectivity index (χ4v) is 1.81. The first-order valence-corrected chi connectivity index (χ1v) is 5.67. The zero-order valence-corrected chi connectivity index (χ0v) is 9.91. The molecule has 0 saturated carbocycles. The summed E-state index contributed by atoms with van der Waals surface area (Å²) in [6.45, 7) is 1.05. The molecule has 0 spiro atoms. The molecule has 2 rings (SSSR count). The molecule has 0 aliphatic carbocycles. The van der Waals surface area contributed by atoms with Crippen LogP contribution >= 0.6 is 0 Å². The van der Waals surface area contributed by atoms with Crippen LogP contribution in [0.25, 0.3) is 0 Å². The minimum atomic E-state index is -0.104. The molecule has 0 saturated heterocycles. The smallest absolute Gasteiger partial charge is 0.124 e. The Hall–Kier alpha value is -1.65. The second-order valence-electron chi connectivity index (χ2n) is 3.83. The summed E-state index contributed by atoms with van der Waals surface area (Å²) in [5, 5.41) is 4.18. The van der Waals surface area contributed by atoms with E-state index in [4.69, 9.17) is 10.5 Å². The van der Waals surface area contributed by atoms with E-state index in [2.05, 4.69) is 5.10 Å². The summed E-state index contributed by atoms with van der Waals surface area (Å²) in [7, 11) is 1.91. The molecule has 1 atom stereocenters. The summed E-state index contributed by atoms with van der Waals surface area (Å²) < 4.78 is 7.64. The summed E-state index contributed by atoms with van der Waals surface area (Å²) in [6.07, 6.45) is 1.67. The quantitative estimate of drug-likeness (QED) is 0.848. The molecule has 1 aromatic heterocycles. The molecule has 0 aliphatic heterocycles. The van der Waals surface area contributed by atoms with Gasteiger partial charge in [-0.1, -0.05) is 30.3 Å². The van der Waals surface area contributed by atoms with Gasteiger partial charge in [0.25, 0.3) is 0 Å². The van der Waals surface area contributed by atoms with E-state index in [0.717, 1.165) is 11.3 Å². The standard InChI is InChI=1S/C13H17N3O/c1-16-12(7-9-15-16)13(17-10-8-14)11-5-3-2-4-6-11/h2-7,9,13H,8,10,14H2,1H3/t13-/m0/s1. The highest BCUT2D eigenvalue weighted by molar-refractivity contribution is 5.25. The van der Waals surface area contributed by atoms with Crippen molar-refractivity contribution in [3.63, 3.8) is 0 Å². The fraction of sp³-hybridized carbons (Fsp3) is 0.308. The van der Waals surface area contributed by atoms with Crippen LogP contribution in [0.2, 0.25) is 0 Å². The highest BCUT2D eigenvalue weighted by atomic mass is 16.5. The highest BCUT2D eigenvalue weighted by Gasteiger charge is 2.17. The van der Waals surface area contributed by atoms with Crippen LogP contribution in [-0.4, -0.2) is 22.9 Å². The number of hydrogen-bond donors (Lipinski definition) is 1. The van der Waals surface area contributed by atoms with E-state index in [1.54, 1.807) is 6.20 Å². The molecule has 90 valence electrons. The summed E-state index contributed by atoms with van der Waals surface area (Å²) >= 11 is 0. The fourth-order valence-electron chi connectivity index (χ4n) is 1.81. The molecule has 17 heavy (non-hydrogen) atoms. The van der Waals surface area contributed by atoms with Crippen LogP contribution in [0.1, 0.15) is 17.4 Å². The van der Waals surface area contributed by atoms with Gasteiger partial charge in [0.1, 0.15) is 6.10 Å². The van der Waals surface area contributed by atoms with Crippen molar-refractivity contribution in [3.05, 3.63) is 53.9 Å². The van der Waals surface area contributed by atoms with Crippen molar-refractivity contribution in [2.45, 2.75) is 6.10 Å². The zero-order chi connectivity index (χ0) is 12.1. The number of rotatable bonds is 5. The Kier molecular flexibility index (Phi) is 3.90. The lowest BCUT2D eigenvalue weighted by molar-refractivity contribution is 0.0808. The Balaban J connectivity index is 2.29. The Bertz CT molecular complexity index is 453. The number of nitrogens with two attached hydrogens (primary N) is 1. The molecule has 0 amide bonds. The molecule has 0 unspecified atom stereocenters. The monoisotopic (exact) mass is 231 g/mol. The second kappa shape index (κ2) is 5.61. The lowest BCUT2D eigenvalue weighted by Gasteiger charge is -2.18. The van der Waals surface area contributed by atoms with Crippen molar-refractivity contribution in [2.75, 3.05) is 13.2 Å². The third-order valence-corrected chi connectivity index (χ3v) is 2.63. The van der Waals surface area contributed by atoms with Gasteiger partial charge in [-0.05, 0) is 11.6 Å². The van der Waals surface area contributed by atoms with Crippen molar-refractivity contribution in [1.82, 2.24) is 9.78 Å². The van der Waals surface area contributed by atoms with E-state index in [9.17, 15) is 0 Å². The first-order chi connectivity index (χ1) is 8.33. The number of hydrogen-bond acceptors (Lipinski definition) is 3. The maximum absolute atomic E-state index is 5.82. The van der Waals surface area contributed by atoms with Crippen molar-refractivity contribution in [1.29, 1.82) is 0 Å². The lowest BCUT2D eigenvalue weighted by atomic mass is 10.1. The van der Waals surface area contributed by atoms with Gasteiger partial charge in [0.15, 0.2) is 0 Å². The molecule has 2 N–H and O–H groups in total. The number of benzene rings is 1. The molecular weight excluding hydrogens is 214 g/mol. The third-order valence-electron chi connectivity index (χ3n) is 2.63. The van der Waals surface area contributed by atoms with E-state index in [-0.39, 0.29) is 6.10 Å². The zero-order valence-electron chi connectivity index (χ0n) is 9.91. The molecule has 4 heteroatoms. The van der Waals surface area contributed by atoms with Crippen LogP contribution in [-0.2, 0) is 11.8 Å². The first-order valence-electron chi connectivity index (χ1n) is 5.67. The molecule has 0 fully saturated rings. The normalized spacial score (nSPS) is 12.6. The average molecular weight is 231 g/mol. The minimum absolute atomic E-state index is 0.104. The van der Waals surface area contributed by atoms with Gasteiger partial charge in [0.2, 0.25) is 0 Å². The van der Waals surface area contributed by atoms with Gasteiger partial charge < -0.3 is 10.5 Å². The van der Waals surface area contributed by atoms with Crippen LogP contribution in [0, 0.1) is 0 Å². The van der Waals surface area contributed by atoms with Gasteiger partial charge in [-0.2, -0.15) is 5.10 Å². The van der Waals surface area contributed by atoms with Crippen LogP contribution < -0.4 is 5.73 Å². The topological polar surface area (TPSA) is 53.1 Å². The maximum Gasteiger partial charge on any atom is 0.124 e. The van der Waals surface area contributed by atoms with Crippen LogP contribution in [0.15, 0.2) is 42.6 Å². The Labute approximate surface area is 101 Å². The van der Waals surface area contributed by atoms with Gasteiger partial charge >= 0.3 is 0 Å². The molecular formula is C13H17N3O. The predicted molar refractivity (Wildman–Crippen MR) is 66.5 cm³/mol. The molecule has 0 bridgehead atoms. The number of ether oxygens (including phenoxy) is 1. The van der Waals surface area contributed by atoms with E-state index in [1.807, 2.05) is 48.1 Å². The lowest BCUT2D eigenvalue weighted by Crippen LogP contribution is -2.16. The number of nitrogens with zero attached hydrogens (tertiary/aromatic N) is 2. The first kappa shape index (κ1) is 11.8. The molecule has 0 aliphatic rings. The van der Waals surface area contributed by atoms with Crippen molar-refractivity contribution in [2.24, 2.45) is 12.8 Å². The Morgan fingerprint density at radius 2 is 2.06 bits per heavy atom. The second-order valence-corrected chi connectivity index (χ2v) is 3.83. The van der Waals surface area contributed by atoms with Crippen molar-refractivity contribution < 1.29 is 4.74 Å². The van der Waals surface area contributed by atoms with E-state index < -0.39 is 0 Å². The molecule has 2 aromatic rings. The molecule has 1 aromatic carbocycles. The van der Waals surface area contributed by atoms with Crippen LogP contribution in [0.5, 0.6) is 0 Å². The van der Waals surface area contributed by atoms with Gasteiger partial charge in [0.05, 0.1) is 12.3 Å². The van der Waals surface area contributed by atoms with Gasteiger partial charge in [-0.3, -0.25) is 4.68 Å². The number of aryl methyl sites for hydroxylation is 1. The average Bonchev–Trinajstić information content (AvgIpc) is 2.78. The SMILES string of the molecule is Cn1nccc1[C@@H](OCCN)c1ccccc1. The predicted octanol–water partition coefficient (Wildman–Crippen LogP) is 1.48. The molecule has 1 heterocycles. The number of aromatic nitrogens is 2. The maximum atomic E-state index is 5.82. The third kappa shape index (κ3) is 2.72. The summed E-state index contributed by atoms with van der Waals surface area (Å²) in [6, 6.07) is 12.1. The highest BCUT2D eigenvalue weighted by Crippen LogP contribution is 2.24. The van der Waals surface area contributed by atoms with Gasteiger partial charge in [-0.15, -0.1) is 0 Å². The van der Waals surface area contributed by atoms with Gasteiger partial charge in [0, 0.05) is 19.8 Å². The molecule has 0 radical (unpaired) electrons. The molecule has 4 nitrogen and oxygen atoms in total. The van der Waals surface area contributed by atoms with Crippen molar-refractivity contribution in [3.8, 4) is 0 Å². The van der Waals surface area contributed by atoms with E-state index in [1.165, 1.54) is 0 Å². The summed E-state index contributed by atoms with van der Waals surface area (Å²) in [5.41, 5.74) is 7.65. The largest absolute Gasteiger partial charge is 0.366 e. The van der Waals surface area contributed by atoms with E-state index >= 15 is 0 Å². The van der Waals surface area contributed by atoms with Crippen LogP contribution in [0.4, 0.5) is 0 Å². The van der Waals surface area contributed by atoms with Gasteiger partial charge in [-0.25, -0.2) is 0 Å². The Morgan fingerprint density at radius 3 is 2.65 bits per heavy atom. The van der Waals surface area contributed by atoms with Crippen molar-refractivity contribution >= 4 is 0 Å².